The van der Waals surface area contributed by atoms with Crippen LogP contribution in [0, 0.1) is 5.92 Å². The van der Waals surface area contributed by atoms with E-state index in [1.165, 1.54) is 10.8 Å². The third-order valence-corrected chi connectivity index (χ3v) is 9.09. The minimum Gasteiger partial charge on any atom is -0.459 e. The Morgan fingerprint density at radius 3 is 2.05 bits per heavy atom. The average Bonchev–Trinajstić information content (AvgIpc) is 3.08. The SMILES string of the molecule is C[C@H]1C(COC(=O)c2ccccc2)O[C@@H](Sc2ccccc2)C(OCc2ccccc2)[C@H]1OCc1ccc2ccccc2c1. The Morgan fingerprint density at radius 1 is 0.682 bits per heavy atom. The van der Waals surface area contributed by atoms with E-state index in [1.54, 1.807) is 23.9 Å². The zero-order valence-corrected chi connectivity index (χ0v) is 25.5. The molecule has 1 aliphatic heterocycles. The zero-order valence-electron chi connectivity index (χ0n) is 24.7. The maximum atomic E-state index is 12.9. The van der Waals surface area contributed by atoms with Gasteiger partial charge in [0.15, 0.2) is 0 Å². The standard InChI is InChI=1S/C38H36O5S/c1-27-34(26-42-37(39)31-16-7-3-8-17-31)43-38(44-33-19-9-4-10-20-33)36(41-24-28-13-5-2-6-14-28)35(27)40-25-29-21-22-30-15-11-12-18-32(30)23-29/h2-23,27,34-36,38H,24-26H2,1H3/t27-,34?,35-,36?,38-/m0/s1. The van der Waals surface area contributed by atoms with Crippen LogP contribution in [0.1, 0.15) is 28.4 Å². The third kappa shape index (κ3) is 7.58. The Labute approximate surface area is 263 Å². The first-order valence-corrected chi connectivity index (χ1v) is 15.9. The molecule has 5 aromatic carbocycles. The minimum absolute atomic E-state index is 0.113. The number of esters is 1. The summed E-state index contributed by atoms with van der Waals surface area (Å²) in [6.45, 7) is 3.05. The van der Waals surface area contributed by atoms with E-state index >= 15 is 0 Å². The number of thioether (sulfide) groups is 1. The predicted octanol–water partition coefficient (Wildman–Crippen LogP) is 8.32. The molecular weight excluding hydrogens is 568 g/mol. The third-order valence-electron chi connectivity index (χ3n) is 7.93. The maximum absolute atomic E-state index is 12.9. The molecule has 5 nitrogen and oxygen atoms in total. The van der Waals surface area contributed by atoms with Crippen molar-refractivity contribution in [2.75, 3.05) is 6.61 Å². The van der Waals surface area contributed by atoms with E-state index in [4.69, 9.17) is 18.9 Å². The molecule has 5 aromatic rings. The fraction of sp³-hybridized carbons (Fsp3) is 0.237. The fourth-order valence-electron chi connectivity index (χ4n) is 5.48. The summed E-state index contributed by atoms with van der Waals surface area (Å²) in [7, 11) is 0. The number of benzene rings is 5. The average molecular weight is 605 g/mol. The Bertz CT molecular complexity index is 1630. The van der Waals surface area contributed by atoms with Crippen LogP contribution in [-0.4, -0.2) is 36.3 Å². The molecule has 0 radical (unpaired) electrons. The van der Waals surface area contributed by atoms with Crippen molar-refractivity contribution in [2.45, 2.75) is 48.8 Å². The molecule has 2 unspecified atom stereocenters. The van der Waals surface area contributed by atoms with Gasteiger partial charge in [-0.2, -0.15) is 0 Å². The van der Waals surface area contributed by atoms with Crippen molar-refractivity contribution in [1.29, 1.82) is 0 Å². The normalized spacial score (nSPS) is 21.6. The van der Waals surface area contributed by atoms with Crippen molar-refractivity contribution in [2.24, 2.45) is 5.92 Å². The molecule has 0 aromatic heterocycles. The molecule has 0 aliphatic carbocycles. The highest BCUT2D eigenvalue weighted by molar-refractivity contribution is 7.99. The molecular formula is C38H36O5S. The Hall–Kier alpha value is -3.94. The van der Waals surface area contributed by atoms with Gasteiger partial charge in [-0.25, -0.2) is 4.79 Å². The summed E-state index contributed by atoms with van der Waals surface area (Å²) in [4.78, 5) is 13.9. The highest BCUT2D eigenvalue weighted by Crippen LogP contribution is 2.39. The van der Waals surface area contributed by atoms with E-state index in [-0.39, 0.29) is 42.2 Å². The Balaban J connectivity index is 1.26. The van der Waals surface area contributed by atoms with Crippen LogP contribution in [-0.2, 0) is 32.2 Å². The number of rotatable bonds is 11. The second-order valence-electron chi connectivity index (χ2n) is 11.0. The summed E-state index contributed by atoms with van der Waals surface area (Å²) in [6.07, 6.45) is -1.08. The molecule has 0 N–H and O–H groups in total. The van der Waals surface area contributed by atoms with Gasteiger partial charge in [0.25, 0.3) is 0 Å². The van der Waals surface area contributed by atoms with Gasteiger partial charge < -0.3 is 18.9 Å². The van der Waals surface area contributed by atoms with E-state index in [0.717, 1.165) is 16.0 Å². The van der Waals surface area contributed by atoms with Crippen molar-refractivity contribution in [3.05, 3.63) is 150 Å². The highest BCUT2D eigenvalue weighted by atomic mass is 32.2. The minimum atomic E-state index is -0.389. The van der Waals surface area contributed by atoms with Crippen LogP contribution in [0.25, 0.3) is 10.8 Å². The molecule has 1 aliphatic rings. The summed E-state index contributed by atoms with van der Waals surface area (Å²) in [6, 6.07) is 44.1. The van der Waals surface area contributed by atoms with Gasteiger partial charge in [-0.05, 0) is 52.2 Å². The summed E-state index contributed by atoms with van der Waals surface area (Å²) in [5.74, 6) is -0.489. The lowest BCUT2D eigenvalue weighted by Crippen LogP contribution is -2.55. The molecule has 6 heteroatoms. The lowest BCUT2D eigenvalue weighted by Gasteiger charge is -2.45. The predicted molar refractivity (Wildman–Crippen MR) is 174 cm³/mol. The summed E-state index contributed by atoms with van der Waals surface area (Å²) in [5, 5.41) is 2.37. The number of carbonyl (C=O) groups is 1. The fourth-order valence-corrected chi connectivity index (χ4v) is 6.63. The monoisotopic (exact) mass is 604 g/mol. The Kier molecular flexibility index (Phi) is 10.1. The molecule has 5 atom stereocenters. The summed E-state index contributed by atoms with van der Waals surface area (Å²) in [5.41, 5.74) is 2.29. The van der Waals surface area contributed by atoms with Crippen LogP contribution in [0.3, 0.4) is 0 Å². The largest absolute Gasteiger partial charge is 0.459 e. The van der Waals surface area contributed by atoms with E-state index in [2.05, 4.69) is 61.5 Å². The van der Waals surface area contributed by atoms with Gasteiger partial charge in [0, 0.05) is 10.8 Å². The van der Waals surface area contributed by atoms with Gasteiger partial charge in [-0.1, -0.05) is 122 Å². The first-order chi connectivity index (χ1) is 21.6. The number of ether oxygens (including phenoxy) is 4. The molecule has 0 spiro atoms. The van der Waals surface area contributed by atoms with Crippen molar-refractivity contribution >= 4 is 28.5 Å². The molecule has 0 bridgehead atoms. The number of fused-ring (bicyclic) bond motifs is 1. The van der Waals surface area contributed by atoms with Crippen molar-refractivity contribution < 1.29 is 23.7 Å². The number of hydrogen-bond donors (Lipinski definition) is 0. The number of carbonyl (C=O) groups excluding carboxylic acids is 1. The van der Waals surface area contributed by atoms with E-state index in [0.29, 0.717) is 18.8 Å². The molecule has 44 heavy (non-hydrogen) atoms. The first kappa shape index (κ1) is 30.1. The van der Waals surface area contributed by atoms with Gasteiger partial charge in [0.05, 0.1) is 31.0 Å². The van der Waals surface area contributed by atoms with Crippen LogP contribution >= 0.6 is 11.8 Å². The maximum Gasteiger partial charge on any atom is 0.338 e. The van der Waals surface area contributed by atoms with Gasteiger partial charge in [-0.3, -0.25) is 0 Å². The molecule has 0 amide bonds. The molecule has 1 heterocycles. The highest BCUT2D eigenvalue weighted by Gasteiger charge is 2.46. The lowest BCUT2D eigenvalue weighted by molar-refractivity contribution is -0.214. The number of hydrogen-bond acceptors (Lipinski definition) is 6. The molecule has 0 saturated carbocycles. The van der Waals surface area contributed by atoms with Gasteiger partial charge in [0.1, 0.15) is 18.1 Å². The van der Waals surface area contributed by atoms with Crippen LogP contribution in [0.15, 0.2) is 138 Å². The molecule has 224 valence electrons. The summed E-state index contributed by atoms with van der Waals surface area (Å²) >= 11 is 1.60. The van der Waals surface area contributed by atoms with E-state index in [1.807, 2.05) is 66.7 Å². The van der Waals surface area contributed by atoms with Gasteiger partial charge >= 0.3 is 5.97 Å². The molecule has 6 rings (SSSR count). The first-order valence-electron chi connectivity index (χ1n) is 15.0. The van der Waals surface area contributed by atoms with Crippen molar-refractivity contribution in [3.8, 4) is 0 Å². The Morgan fingerprint density at radius 2 is 1.30 bits per heavy atom. The van der Waals surface area contributed by atoms with Crippen LogP contribution in [0.2, 0.25) is 0 Å². The van der Waals surface area contributed by atoms with Gasteiger partial charge in [0.2, 0.25) is 0 Å². The summed E-state index contributed by atoms with van der Waals surface area (Å²) < 4.78 is 25.9. The second-order valence-corrected chi connectivity index (χ2v) is 12.2. The second kappa shape index (κ2) is 14.7. The lowest BCUT2D eigenvalue weighted by atomic mass is 9.91. The van der Waals surface area contributed by atoms with Crippen LogP contribution in [0.5, 0.6) is 0 Å². The quantitative estimate of drug-likeness (QED) is 0.141. The molecule has 1 fully saturated rings. The van der Waals surface area contributed by atoms with Crippen molar-refractivity contribution in [3.63, 3.8) is 0 Å². The topological polar surface area (TPSA) is 54.0 Å². The van der Waals surface area contributed by atoms with Crippen molar-refractivity contribution in [1.82, 2.24) is 0 Å². The smallest absolute Gasteiger partial charge is 0.338 e. The molecule has 1 saturated heterocycles. The van der Waals surface area contributed by atoms with E-state index in [9.17, 15) is 4.79 Å². The van der Waals surface area contributed by atoms with Crippen LogP contribution in [0.4, 0.5) is 0 Å². The van der Waals surface area contributed by atoms with E-state index < -0.39 is 0 Å². The van der Waals surface area contributed by atoms with Crippen LogP contribution < -0.4 is 0 Å². The zero-order chi connectivity index (χ0) is 30.1. The van der Waals surface area contributed by atoms with Gasteiger partial charge in [-0.15, -0.1) is 0 Å².